The Kier molecular flexibility index (Phi) is 4.62. The molecule has 1 unspecified atom stereocenters. The number of nitro groups is 1. The molecule has 0 aliphatic rings. The zero-order chi connectivity index (χ0) is 12.8. The predicted molar refractivity (Wildman–Crippen MR) is 61.3 cm³/mol. The second kappa shape index (κ2) is 5.97. The molecule has 0 radical (unpaired) electrons. The van der Waals surface area contributed by atoms with Crippen LogP contribution in [-0.2, 0) is 11.3 Å². The van der Waals surface area contributed by atoms with Gasteiger partial charge in [-0.1, -0.05) is 13.8 Å². The third-order valence-electron chi connectivity index (χ3n) is 2.29. The van der Waals surface area contributed by atoms with E-state index in [1.165, 1.54) is 17.1 Å². The number of rotatable bonds is 6. The van der Waals surface area contributed by atoms with E-state index in [9.17, 15) is 14.9 Å². The Labute approximate surface area is 99.0 Å². The van der Waals surface area contributed by atoms with Gasteiger partial charge in [-0.2, -0.15) is 5.10 Å². The molecule has 0 aromatic carbocycles. The van der Waals surface area contributed by atoms with Crippen molar-refractivity contribution >= 4 is 11.6 Å². The number of nitrogens with one attached hydrogen (secondary N) is 1. The zero-order valence-corrected chi connectivity index (χ0v) is 9.92. The molecule has 94 valence electrons. The van der Waals surface area contributed by atoms with Crippen molar-refractivity contribution in [3.05, 3.63) is 22.5 Å². The summed E-state index contributed by atoms with van der Waals surface area (Å²) in [6.45, 7) is 4.71. The van der Waals surface area contributed by atoms with Crippen LogP contribution in [0.3, 0.4) is 0 Å². The fraction of sp³-hybridized carbons (Fsp3) is 0.600. The molecule has 0 bridgehead atoms. The molecule has 1 amide bonds. The highest BCUT2D eigenvalue weighted by Gasteiger charge is 2.15. The van der Waals surface area contributed by atoms with E-state index in [1.807, 2.05) is 6.92 Å². The first-order chi connectivity index (χ1) is 8.04. The quantitative estimate of drug-likeness (QED) is 0.592. The smallest absolute Gasteiger partial charge is 0.306 e. The zero-order valence-electron chi connectivity index (χ0n) is 9.92. The highest BCUT2D eigenvalue weighted by atomic mass is 16.6. The van der Waals surface area contributed by atoms with Gasteiger partial charge in [-0.15, -0.1) is 0 Å². The van der Waals surface area contributed by atoms with Crippen molar-refractivity contribution in [2.45, 2.75) is 26.8 Å². The summed E-state index contributed by atoms with van der Waals surface area (Å²) in [7, 11) is 0. The Hall–Kier alpha value is -1.92. The average molecular weight is 240 g/mol. The van der Waals surface area contributed by atoms with E-state index >= 15 is 0 Å². The van der Waals surface area contributed by atoms with Gasteiger partial charge < -0.3 is 5.32 Å². The molecule has 0 saturated carbocycles. The van der Waals surface area contributed by atoms with E-state index in [0.717, 1.165) is 6.42 Å². The fourth-order valence-electron chi connectivity index (χ4n) is 1.33. The molecule has 0 aliphatic carbocycles. The van der Waals surface area contributed by atoms with Gasteiger partial charge in [0.25, 0.3) is 0 Å². The van der Waals surface area contributed by atoms with Gasteiger partial charge in [-0.05, 0) is 6.42 Å². The SMILES string of the molecule is CCCNC(=O)C(C)Cn1cc([N+](=O)[O-])cn1. The molecule has 0 spiro atoms. The van der Waals surface area contributed by atoms with Crippen LogP contribution in [0.5, 0.6) is 0 Å². The Morgan fingerprint density at radius 2 is 2.41 bits per heavy atom. The maximum atomic E-state index is 11.6. The summed E-state index contributed by atoms with van der Waals surface area (Å²) in [5, 5.41) is 17.1. The largest absolute Gasteiger partial charge is 0.356 e. The second-order valence-corrected chi connectivity index (χ2v) is 3.87. The van der Waals surface area contributed by atoms with Crippen molar-refractivity contribution in [1.29, 1.82) is 0 Å². The fourth-order valence-corrected chi connectivity index (χ4v) is 1.33. The number of carbonyl (C=O) groups is 1. The summed E-state index contributed by atoms with van der Waals surface area (Å²) in [4.78, 5) is 21.5. The van der Waals surface area contributed by atoms with Gasteiger partial charge in [0.2, 0.25) is 5.91 Å². The molecular formula is C10H16N4O3. The first-order valence-corrected chi connectivity index (χ1v) is 5.49. The molecule has 7 nitrogen and oxygen atoms in total. The van der Waals surface area contributed by atoms with E-state index in [2.05, 4.69) is 10.4 Å². The summed E-state index contributed by atoms with van der Waals surface area (Å²) in [5.41, 5.74) is -0.0637. The lowest BCUT2D eigenvalue weighted by atomic mass is 10.1. The third-order valence-corrected chi connectivity index (χ3v) is 2.29. The van der Waals surface area contributed by atoms with Crippen LogP contribution in [0.1, 0.15) is 20.3 Å². The molecule has 17 heavy (non-hydrogen) atoms. The number of hydrogen-bond donors (Lipinski definition) is 1. The summed E-state index contributed by atoms with van der Waals surface area (Å²) in [5.74, 6) is -0.328. The Balaban J connectivity index is 2.52. The van der Waals surface area contributed by atoms with Crippen LogP contribution < -0.4 is 5.32 Å². The molecule has 0 aliphatic heterocycles. The van der Waals surface area contributed by atoms with Crippen LogP contribution >= 0.6 is 0 Å². The highest BCUT2D eigenvalue weighted by molar-refractivity contribution is 5.78. The first kappa shape index (κ1) is 13.1. The van der Waals surface area contributed by atoms with Crippen LogP contribution in [0.25, 0.3) is 0 Å². The Morgan fingerprint density at radius 3 is 2.94 bits per heavy atom. The van der Waals surface area contributed by atoms with E-state index in [-0.39, 0.29) is 17.5 Å². The number of aromatic nitrogens is 2. The van der Waals surface area contributed by atoms with Gasteiger partial charge in [0, 0.05) is 6.54 Å². The number of amides is 1. The monoisotopic (exact) mass is 240 g/mol. The van der Waals surface area contributed by atoms with Crippen molar-refractivity contribution < 1.29 is 9.72 Å². The van der Waals surface area contributed by atoms with Gasteiger partial charge in [0.05, 0.1) is 17.4 Å². The number of carbonyl (C=O) groups excluding carboxylic acids is 1. The topological polar surface area (TPSA) is 90.1 Å². The van der Waals surface area contributed by atoms with Gasteiger partial charge in [-0.3, -0.25) is 19.6 Å². The van der Waals surface area contributed by atoms with Gasteiger partial charge in [-0.25, -0.2) is 0 Å². The first-order valence-electron chi connectivity index (χ1n) is 5.49. The molecule has 1 N–H and O–H groups in total. The third kappa shape index (κ3) is 3.86. The summed E-state index contributed by atoms with van der Waals surface area (Å²) < 4.78 is 1.41. The standard InChI is InChI=1S/C10H16N4O3/c1-3-4-11-10(15)8(2)6-13-7-9(5-12-13)14(16)17/h5,7-8H,3-4,6H2,1-2H3,(H,11,15). The van der Waals surface area contributed by atoms with Crippen molar-refractivity contribution in [2.24, 2.45) is 5.92 Å². The normalized spacial score (nSPS) is 12.1. The molecule has 7 heteroatoms. The van der Waals surface area contributed by atoms with Crippen LogP contribution in [-0.4, -0.2) is 27.2 Å². The predicted octanol–water partition coefficient (Wildman–Crippen LogP) is 0.954. The summed E-state index contributed by atoms with van der Waals surface area (Å²) in [6.07, 6.45) is 3.38. The number of hydrogen-bond acceptors (Lipinski definition) is 4. The lowest BCUT2D eigenvalue weighted by molar-refractivity contribution is -0.385. The minimum absolute atomic E-state index is 0.0637. The van der Waals surface area contributed by atoms with E-state index in [0.29, 0.717) is 13.1 Å². The molecular weight excluding hydrogens is 224 g/mol. The van der Waals surface area contributed by atoms with Gasteiger partial charge in [0.1, 0.15) is 12.4 Å². The molecule has 0 saturated heterocycles. The van der Waals surface area contributed by atoms with Crippen LogP contribution in [0.15, 0.2) is 12.4 Å². The van der Waals surface area contributed by atoms with Crippen molar-refractivity contribution in [3.8, 4) is 0 Å². The molecule has 1 aromatic heterocycles. The Morgan fingerprint density at radius 1 is 1.71 bits per heavy atom. The molecule has 1 atom stereocenters. The maximum Gasteiger partial charge on any atom is 0.306 e. The van der Waals surface area contributed by atoms with E-state index in [1.54, 1.807) is 6.92 Å². The van der Waals surface area contributed by atoms with Crippen LogP contribution in [0.2, 0.25) is 0 Å². The second-order valence-electron chi connectivity index (χ2n) is 3.87. The molecule has 1 aromatic rings. The number of nitrogens with zero attached hydrogens (tertiary/aromatic N) is 3. The van der Waals surface area contributed by atoms with Crippen molar-refractivity contribution in [3.63, 3.8) is 0 Å². The Bertz CT molecular complexity index is 402. The highest BCUT2D eigenvalue weighted by Crippen LogP contribution is 2.09. The van der Waals surface area contributed by atoms with Crippen LogP contribution in [0.4, 0.5) is 5.69 Å². The van der Waals surface area contributed by atoms with Crippen molar-refractivity contribution in [1.82, 2.24) is 15.1 Å². The lowest BCUT2D eigenvalue weighted by Gasteiger charge is -2.11. The minimum atomic E-state index is -0.509. The van der Waals surface area contributed by atoms with Crippen molar-refractivity contribution in [2.75, 3.05) is 6.54 Å². The summed E-state index contributed by atoms with van der Waals surface area (Å²) in [6, 6.07) is 0. The minimum Gasteiger partial charge on any atom is -0.356 e. The molecule has 0 fully saturated rings. The maximum absolute atomic E-state index is 11.6. The van der Waals surface area contributed by atoms with E-state index < -0.39 is 4.92 Å². The molecule has 1 rings (SSSR count). The van der Waals surface area contributed by atoms with Gasteiger partial charge >= 0.3 is 5.69 Å². The van der Waals surface area contributed by atoms with Crippen LogP contribution in [0, 0.1) is 16.0 Å². The summed E-state index contributed by atoms with van der Waals surface area (Å²) >= 11 is 0. The van der Waals surface area contributed by atoms with Gasteiger partial charge in [0.15, 0.2) is 0 Å². The lowest BCUT2D eigenvalue weighted by Crippen LogP contribution is -2.32. The molecule has 1 heterocycles. The van der Waals surface area contributed by atoms with E-state index in [4.69, 9.17) is 0 Å². The average Bonchev–Trinajstić information content (AvgIpc) is 2.74.